The first-order chi connectivity index (χ1) is 16.2. The Balaban J connectivity index is 1.92. The van der Waals surface area contributed by atoms with E-state index >= 15 is 0 Å². The van der Waals surface area contributed by atoms with Crippen LogP contribution >= 0.6 is 0 Å². The Morgan fingerprint density at radius 2 is 1.29 bits per heavy atom. The van der Waals surface area contributed by atoms with Crippen molar-refractivity contribution in [2.45, 2.75) is 59.2 Å². The van der Waals surface area contributed by atoms with Gasteiger partial charge in [0.25, 0.3) is 11.4 Å². The minimum absolute atomic E-state index is 0.00141. The molecule has 35 heavy (non-hydrogen) atoms. The highest BCUT2D eigenvalue weighted by Crippen LogP contribution is 2.34. The van der Waals surface area contributed by atoms with Crippen molar-refractivity contribution in [1.82, 2.24) is 0 Å². The molecule has 188 valence electrons. The molecule has 0 radical (unpaired) electrons. The number of hydrogen-bond donors (Lipinski definition) is 0. The summed E-state index contributed by atoms with van der Waals surface area (Å²) < 4.78 is 77.9. The lowest BCUT2D eigenvalue weighted by atomic mass is 9.87. The fraction of sp³-hybridized carbons (Fsp3) is 0.308. The van der Waals surface area contributed by atoms with Gasteiger partial charge in [-0.3, -0.25) is 0 Å². The molecule has 9 heteroatoms. The number of rotatable bonds is 8. The Hall–Kier alpha value is -2.49. The standard InChI is InChI=1S/C26H27F3O4S2/c1-18-5-11-21(12-6-18)34(22-13-7-19(8-14-22)25(2,3)4)23-15-9-20(10-16-23)33-17-26(29,24(27)28)35(30,31)32/h5-16,24H,17H2,1-4H3. The van der Waals surface area contributed by atoms with Crippen LogP contribution in [0.3, 0.4) is 0 Å². The Morgan fingerprint density at radius 3 is 1.69 bits per heavy atom. The molecular weight excluding hydrogens is 497 g/mol. The monoisotopic (exact) mass is 524 g/mol. The van der Waals surface area contributed by atoms with E-state index in [2.05, 4.69) is 45.0 Å². The van der Waals surface area contributed by atoms with E-state index in [9.17, 15) is 26.1 Å². The summed E-state index contributed by atoms with van der Waals surface area (Å²) in [6, 6.07) is 22.8. The topological polar surface area (TPSA) is 66.4 Å². The second-order valence-electron chi connectivity index (χ2n) is 9.19. The first kappa shape index (κ1) is 27.1. The largest absolute Gasteiger partial charge is 0.745 e. The molecular formula is C26H27F3O4S2. The van der Waals surface area contributed by atoms with Crippen LogP contribution in [0.25, 0.3) is 0 Å². The van der Waals surface area contributed by atoms with E-state index in [1.165, 1.54) is 17.7 Å². The van der Waals surface area contributed by atoms with E-state index in [1.807, 2.05) is 31.2 Å². The second-order valence-corrected chi connectivity index (χ2v) is 12.8. The van der Waals surface area contributed by atoms with Gasteiger partial charge < -0.3 is 9.29 Å². The molecule has 2 unspecified atom stereocenters. The third-order valence-corrected chi connectivity index (χ3v) is 8.81. The summed E-state index contributed by atoms with van der Waals surface area (Å²) in [5, 5.41) is -4.33. The molecule has 0 aliphatic carbocycles. The van der Waals surface area contributed by atoms with Crippen LogP contribution in [0.15, 0.2) is 87.5 Å². The molecule has 4 nitrogen and oxygen atoms in total. The van der Waals surface area contributed by atoms with Crippen molar-refractivity contribution in [3.8, 4) is 5.75 Å². The highest BCUT2D eigenvalue weighted by Gasteiger charge is 2.48. The zero-order valence-corrected chi connectivity index (χ0v) is 21.4. The van der Waals surface area contributed by atoms with Crippen molar-refractivity contribution in [3.63, 3.8) is 0 Å². The van der Waals surface area contributed by atoms with Crippen LogP contribution in [0.5, 0.6) is 5.75 Å². The summed E-state index contributed by atoms with van der Waals surface area (Å²) >= 11 is 0. The Labute approximate surface area is 207 Å². The number of alkyl halides is 3. The van der Waals surface area contributed by atoms with Crippen LogP contribution in [-0.4, -0.2) is 31.0 Å². The Morgan fingerprint density at radius 1 is 0.857 bits per heavy atom. The molecule has 0 aliphatic rings. The maximum atomic E-state index is 14.1. The smallest absolute Gasteiger partial charge is 0.291 e. The van der Waals surface area contributed by atoms with Gasteiger partial charge in [-0.05, 0) is 66.4 Å². The summed E-state index contributed by atoms with van der Waals surface area (Å²) in [5.41, 5.74) is 2.31. The summed E-state index contributed by atoms with van der Waals surface area (Å²) in [6.07, 6.45) is -4.03. The molecule has 3 rings (SSSR count). The van der Waals surface area contributed by atoms with E-state index in [1.54, 1.807) is 12.1 Å². The molecule has 0 amide bonds. The van der Waals surface area contributed by atoms with E-state index in [4.69, 9.17) is 4.74 Å². The number of benzene rings is 3. The van der Waals surface area contributed by atoms with Crippen LogP contribution in [0.1, 0.15) is 31.9 Å². The lowest BCUT2D eigenvalue weighted by molar-refractivity contribution is -0.0115. The van der Waals surface area contributed by atoms with Gasteiger partial charge >= 0.3 is 0 Å². The molecule has 3 aromatic rings. The normalized spacial score (nSPS) is 15.0. The molecule has 2 atom stereocenters. The van der Waals surface area contributed by atoms with E-state index in [0.717, 1.165) is 20.2 Å². The van der Waals surface area contributed by atoms with Gasteiger partial charge in [0.15, 0.2) is 14.7 Å². The average molecular weight is 525 g/mol. The summed E-state index contributed by atoms with van der Waals surface area (Å²) in [5.74, 6) is -0.0318. The van der Waals surface area contributed by atoms with Gasteiger partial charge in [-0.25, -0.2) is 21.6 Å². The molecule has 0 bridgehead atoms. The summed E-state index contributed by atoms with van der Waals surface area (Å²) in [4.78, 5) is 3.01. The van der Waals surface area contributed by atoms with Crippen LogP contribution in [0.4, 0.5) is 13.2 Å². The fourth-order valence-electron chi connectivity index (χ4n) is 3.27. The molecule has 0 saturated carbocycles. The number of ether oxygens (including phenoxy) is 1. The third-order valence-electron chi connectivity index (χ3n) is 5.45. The number of aryl methyl sites for hydroxylation is 1. The van der Waals surface area contributed by atoms with Gasteiger partial charge in [0.05, 0.1) is 10.9 Å². The first-order valence-corrected chi connectivity index (χ1v) is 13.4. The van der Waals surface area contributed by atoms with Gasteiger partial charge in [0.2, 0.25) is 0 Å². The zero-order valence-electron chi connectivity index (χ0n) is 19.8. The summed E-state index contributed by atoms with van der Waals surface area (Å²) in [6.45, 7) is 6.81. The maximum Gasteiger partial charge on any atom is 0.291 e. The second kappa shape index (κ2) is 10.2. The van der Waals surface area contributed by atoms with Crippen LogP contribution in [-0.2, 0) is 26.4 Å². The average Bonchev–Trinajstić information content (AvgIpc) is 2.78. The highest BCUT2D eigenvalue weighted by molar-refractivity contribution is 7.97. The quantitative estimate of drug-likeness (QED) is 0.258. The van der Waals surface area contributed by atoms with Crippen molar-refractivity contribution in [1.29, 1.82) is 0 Å². The van der Waals surface area contributed by atoms with Crippen LogP contribution in [0, 0.1) is 6.92 Å². The van der Waals surface area contributed by atoms with Crippen molar-refractivity contribution in [2.75, 3.05) is 6.61 Å². The molecule has 0 heterocycles. The van der Waals surface area contributed by atoms with Gasteiger partial charge in [0.1, 0.15) is 22.5 Å². The predicted molar refractivity (Wildman–Crippen MR) is 130 cm³/mol. The highest BCUT2D eigenvalue weighted by atomic mass is 32.2. The van der Waals surface area contributed by atoms with Gasteiger partial charge in [0, 0.05) is 0 Å². The van der Waals surface area contributed by atoms with Gasteiger partial charge in [-0.1, -0.05) is 50.6 Å². The molecule has 3 aromatic carbocycles. The molecule has 0 spiro atoms. The predicted octanol–water partition coefficient (Wildman–Crippen LogP) is 6.24. The molecule has 0 N–H and O–H groups in total. The van der Waals surface area contributed by atoms with Crippen molar-refractivity contribution >= 4 is 21.0 Å². The SMILES string of the molecule is Cc1ccc([S+](c2ccc(OCC(F)(C(F)F)S(=O)(=O)[O-])cc2)c2ccc(C(C)(C)C)cc2)cc1. The lowest BCUT2D eigenvalue weighted by Crippen LogP contribution is -2.46. The number of hydrogen-bond acceptors (Lipinski definition) is 4. The molecule has 0 aliphatic heterocycles. The van der Waals surface area contributed by atoms with Crippen LogP contribution in [0.2, 0.25) is 0 Å². The fourth-order valence-corrected chi connectivity index (χ4v) is 5.73. The van der Waals surface area contributed by atoms with Crippen molar-refractivity contribution < 1.29 is 30.9 Å². The summed E-state index contributed by atoms with van der Waals surface area (Å²) in [7, 11) is -6.44. The van der Waals surface area contributed by atoms with Gasteiger partial charge in [-0.2, -0.15) is 0 Å². The van der Waals surface area contributed by atoms with Crippen LogP contribution < -0.4 is 4.74 Å². The Bertz CT molecular complexity index is 1240. The minimum Gasteiger partial charge on any atom is -0.745 e. The Kier molecular flexibility index (Phi) is 7.93. The third kappa shape index (κ3) is 6.20. The van der Waals surface area contributed by atoms with Gasteiger partial charge in [-0.15, -0.1) is 0 Å². The molecule has 0 saturated heterocycles. The lowest BCUT2D eigenvalue weighted by Gasteiger charge is -2.27. The maximum absolute atomic E-state index is 14.1. The van der Waals surface area contributed by atoms with E-state index in [-0.39, 0.29) is 11.2 Å². The zero-order chi connectivity index (χ0) is 26.0. The molecule has 0 fully saturated rings. The van der Waals surface area contributed by atoms with Crippen molar-refractivity contribution in [3.05, 3.63) is 83.9 Å². The van der Waals surface area contributed by atoms with E-state index < -0.39 is 39.0 Å². The first-order valence-electron chi connectivity index (χ1n) is 10.8. The molecule has 0 aromatic heterocycles. The number of halogens is 3. The van der Waals surface area contributed by atoms with E-state index in [0.29, 0.717) is 0 Å². The van der Waals surface area contributed by atoms with Crippen molar-refractivity contribution in [2.24, 2.45) is 0 Å². The minimum atomic E-state index is -5.94.